The number of rotatable bonds is 4. The van der Waals surface area contributed by atoms with E-state index in [9.17, 15) is 9.59 Å². The van der Waals surface area contributed by atoms with Crippen LogP contribution in [-0.2, 0) is 11.2 Å². The van der Waals surface area contributed by atoms with E-state index in [2.05, 4.69) is 20.6 Å². The summed E-state index contributed by atoms with van der Waals surface area (Å²) in [6.45, 7) is 0.0263. The number of carbonyl (C=O) groups is 2. The predicted octanol–water partition coefficient (Wildman–Crippen LogP) is 2.26. The molecule has 0 saturated heterocycles. The van der Waals surface area contributed by atoms with Crippen LogP contribution < -0.4 is 15.4 Å². The van der Waals surface area contributed by atoms with Crippen LogP contribution in [0.5, 0.6) is 5.75 Å². The fraction of sp³-hybridized carbons (Fsp3) is 0.158. The van der Waals surface area contributed by atoms with E-state index in [1.807, 2.05) is 30.3 Å². The molecule has 0 aliphatic carbocycles. The summed E-state index contributed by atoms with van der Waals surface area (Å²) in [6, 6.07) is 12.6. The summed E-state index contributed by atoms with van der Waals surface area (Å²) in [5.74, 6) is 0.0458. The average Bonchev–Trinajstić information content (AvgIpc) is 3.09. The Labute approximate surface area is 159 Å². The van der Waals surface area contributed by atoms with Crippen molar-refractivity contribution >= 4 is 29.0 Å². The number of benzene rings is 1. The van der Waals surface area contributed by atoms with Crippen LogP contribution in [0.1, 0.15) is 20.2 Å². The number of ether oxygens (including phenoxy) is 1. The van der Waals surface area contributed by atoms with Gasteiger partial charge in [-0.2, -0.15) is 0 Å². The van der Waals surface area contributed by atoms with Gasteiger partial charge in [0.05, 0.1) is 0 Å². The summed E-state index contributed by atoms with van der Waals surface area (Å²) in [4.78, 5) is 34.1. The summed E-state index contributed by atoms with van der Waals surface area (Å²) >= 11 is 1.31. The van der Waals surface area contributed by atoms with E-state index in [0.29, 0.717) is 23.0 Å². The molecule has 2 amide bonds. The van der Waals surface area contributed by atoms with Crippen molar-refractivity contribution in [2.24, 2.45) is 0 Å². The minimum absolute atomic E-state index is 0.0263. The summed E-state index contributed by atoms with van der Waals surface area (Å²) in [7, 11) is 0. The zero-order valence-electron chi connectivity index (χ0n) is 14.2. The van der Waals surface area contributed by atoms with Crippen LogP contribution in [0.3, 0.4) is 0 Å². The van der Waals surface area contributed by atoms with Gasteiger partial charge in [0.15, 0.2) is 16.6 Å². The normalized spacial score (nSPS) is 15.9. The monoisotopic (exact) mass is 380 g/mol. The molecule has 3 aromatic rings. The van der Waals surface area contributed by atoms with Crippen molar-refractivity contribution in [3.8, 4) is 5.75 Å². The Morgan fingerprint density at radius 3 is 2.93 bits per heavy atom. The molecule has 7 nitrogen and oxygen atoms in total. The van der Waals surface area contributed by atoms with E-state index < -0.39 is 11.9 Å². The van der Waals surface area contributed by atoms with Gasteiger partial charge in [-0.05, 0) is 17.7 Å². The lowest BCUT2D eigenvalue weighted by Crippen LogP contribution is -2.46. The molecule has 2 aromatic heterocycles. The summed E-state index contributed by atoms with van der Waals surface area (Å²) in [5.41, 5.74) is 1.15. The Bertz CT molecular complexity index is 974. The quantitative estimate of drug-likeness (QED) is 0.724. The van der Waals surface area contributed by atoms with E-state index in [1.165, 1.54) is 11.3 Å². The number of pyridine rings is 1. The largest absolute Gasteiger partial charge is 0.487 e. The first kappa shape index (κ1) is 17.2. The van der Waals surface area contributed by atoms with E-state index >= 15 is 0 Å². The third-order valence-electron chi connectivity index (χ3n) is 4.01. The number of hydrogen-bond donors (Lipinski definition) is 2. The number of anilines is 1. The Hall–Kier alpha value is -3.26. The molecule has 0 saturated carbocycles. The van der Waals surface area contributed by atoms with E-state index in [4.69, 9.17) is 4.74 Å². The second-order valence-corrected chi connectivity index (χ2v) is 7.09. The molecular formula is C19H16N4O3S. The van der Waals surface area contributed by atoms with Gasteiger partial charge in [-0.15, -0.1) is 11.3 Å². The highest BCUT2D eigenvalue weighted by atomic mass is 32.1. The first-order valence-electron chi connectivity index (χ1n) is 8.37. The molecule has 27 heavy (non-hydrogen) atoms. The van der Waals surface area contributed by atoms with Gasteiger partial charge >= 0.3 is 0 Å². The highest BCUT2D eigenvalue weighted by molar-refractivity contribution is 7.13. The van der Waals surface area contributed by atoms with Gasteiger partial charge in [0.2, 0.25) is 0 Å². The lowest BCUT2D eigenvalue weighted by molar-refractivity contribution is -0.118. The number of aromatic nitrogens is 2. The Balaban J connectivity index is 1.41. The molecule has 2 N–H and O–H groups in total. The summed E-state index contributed by atoms with van der Waals surface area (Å²) in [5, 5.41) is 5.66. The maximum Gasteiger partial charge on any atom is 0.281 e. The van der Waals surface area contributed by atoms with Gasteiger partial charge in [0.1, 0.15) is 12.6 Å². The van der Waals surface area contributed by atoms with Crippen molar-refractivity contribution in [3.05, 3.63) is 70.3 Å². The fourth-order valence-electron chi connectivity index (χ4n) is 2.67. The van der Waals surface area contributed by atoms with E-state index in [-0.39, 0.29) is 12.5 Å². The Kier molecular flexibility index (Phi) is 4.80. The molecule has 136 valence electrons. The summed E-state index contributed by atoms with van der Waals surface area (Å²) < 4.78 is 5.57. The Morgan fingerprint density at radius 1 is 1.22 bits per heavy atom. The number of nitrogens with zero attached hydrogens (tertiary/aromatic N) is 2. The van der Waals surface area contributed by atoms with Crippen LogP contribution >= 0.6 is 11.3 Å². The second-order valence-electron chi connectivity index (χ2n) is 5.97. The molecule has 1 unspecified atom stereocenters. The van der Waals surface area contributed by atoms with Crippen LogP contribution in [0.15, 0.2) is 54.9 Å². The molecule has 8 heteroatoms. The zero-order chi connectivity index (χ0) is 18.6. The number of nitrogens with one attached hydrogen (secondary N) is 2. The first-order chi connectivity index (χ1) is 13.2. The SMILES string of the molecule is O=C(NC1COc2cccnc2NC1=O)c1ncc(Cc2ccccc2)s1. The van der Waals surface area contributed by atoms with Crippen LogP contribution in [0, 0.1) is 0 Å². The van der Waals surface area contributed by atoms with E-state index in [1.54, 1.807) is 24.5 Å². The lowest BCUT2D eigenvalue weighted by atomic mass is 10.1. The lowest BCUT2D eigenvalue weighted by Gasteiger charge is -2.13. The van der Waals surface area contributed by atoms with Gasteiger partial charge in [0, 0.05) is 23.7 Å². The molecule has 0 radical (unpaired) electrons. The minimum atomic E-state index is -0.826. The smallest absolute Gasteiger partial charge is 0.281 e. The fourth-order valence-corrected chi connectivity index (χ4v) is 3.52. The van der Waals surface area contributed by atoms with Crippen molar-refractivity contribution in [3.63, 3.8) is 0 Å². The zero-order valence-corrected chi connectivity index (χ0v) is 15.0. The number of carbonyl (C=O) groups excluding carboxylic acids is 2. The molecule has 0 bridgehead atoms. The molecule has 1 aliphatic heterocycles. The molecule has 1 aliphatic rings. The van der Waals surface area contributed by atoms with Crippen molar-refractivity contribution in [2.45, 2.75) is 12.5 Å². The molecule has 4 rings (SSSR count). The van der Waals surface area contributed by atoms with Gasteiger partial charge in [-0.1, -0.05) is 30.3 Å². The molecule has 3 heterocycles. The van der Waals surface area contributed by atoms with Crippen LogP contribution in [0.25, 0.3) is 0 Å². The number of fused-ring (bicyclic) bond motifs is 1. The maximum atomic E-state index is 12.5. The number of hydrogen-bond acceptors (Lipinski definition) is 6. The predicted molar refractivity (Wildman–Crippen MR) is 101 cm³/mol. The van der Waals surface area contributed by atoms with Gasteiger partial charge < -0.3 is 15.4 Å². The van der Waals surface area contributed by atoms with Crippen molar-refractivity contribution < 1.29 is 14.3 Å². The van der Waals surface area contributed by atoms with Gasteiger partial charge in [-0.25, -0.2) is 9.97 Å². The highest BCUT2D eigenvalue weighted by Gasteiger charge is 2.28. The standard InChI is InChI=1S/C19H16N4O3S/c24-17-14(11-26-15-7-4-8-20-16(15)23-17)22-18(25)19-21-10-13(27-19)9-12-5-2-1-3-6-12/h1-8,10,14H,9,11H2,(H,22,25)(H,20,23,24). The minimum Gasteiger partial charge on any atom is -0.487 e. The summed E-state index contributed by atoms with van der Waals surface area (Å²) in [6.07, 6.45) is 3.96. The number of thiazole rings is 1. The molecular weight excluding hydrogens is 364 g/mol. The van der Waals surface area contributed by atoms with Crippen molar-refractivity contribution in [1.29, 1.82) is 0 Å². The molecule has 1 aromatic carbocycles. The third kappa shape index (κ3) is 3.95. The van der Waals surface area contributed by atoms with Crippen LogP contribution in [0.4, 0.5) is 5.82 Å². The molecule has 0 fully saturated rings. The van der Waals surface area contributed by atoms with Crippen molar-refractivity contribution in [2.75, 3.05) is 11.9 Å². The van der Waals surface area contributed by atoms with Crippen LogP contribution in [0.2, 0.25) is 0 Å². The third-order valence-corrected chi connectivity index (χ3v) is 5.00. The Morgan fingerprint density at radius 2 is 2.07 bits per heavy atom. The first-order valence-corrected chi connectivity index (χ1v) is 9.19. The van der Waals surface area contributed by atoms with Crippen molar-refractivity contribution in [1.82, 2.24) is 15.3 Å². The van der Waals surface area contributed by atoms with Crippen LogP contribution in [-0.4, -0.2) is 34.4 Å². The topological polar surface area (TPSA) is 93.2 Å². The molecule has 0 spiro atoms. The number of amides is 2. The van der Waals surface area contributed by atoms with Gasteiger partial charge in [0.25, 0.3) is 11.8 Å². The highest BCUT2D eigenvalue weighted by Crippen LogP contribution is 2.23. The molecule has 1 atom stereocenters. The average molecular weight is 380 g/mol. The van der Waals surface area contributed by atoms with E-state index in [0.717, 1.165) is 10.4 Å². The second kappa shape index (κ2) is 7.55. The van der Waals surface area contributed by atoms with Gasteiger partial charge in [-0.3, -0.25) is 9.59 Å². The maximum absolute atomic E-state index is 12.5.